The zero-order valence-corrected chi connectivity index (χ0v) is 31.8. The molecule has 0 unspecified atom stereocenters. The SMILES string of the molecule is c1ccc(-c2cc(-c3ccc(N(c4ccc(-c5cccc6ccccc56)cc4)c4cccc5ccccc45)cc3)cc(-n3c4ccccc4c4ccccc43)c2)cc1. The highest BCUT2D eigenvalue weighted by Gasteiger charge is 2.18. The fraction of sp³-hybridized carbons (Fsp3) is 0. The molecule has 2 nitrogen and oxygen atoms in total. The number of aromatic nitrogens is 1. The van der Waals surface area contributed by atoms with Gasteiger partial charge >= 0.3 is 0 Å². The number of anilines is 3. The van der Waals surface area contributed by atoms with Crippen LogP contribution in [0.1, 0.15) is 0 Å². The molecule has 58 heavy (non-hydrogen) atoms. The number of nitrogens with zero attached hydrogens (tertiary/aromatic N) is 2. The molecule has 1 heterocycles. The molecule has 0 atom stereocenters. The standard InChI is InChI=1S/C56H38N2/c1-2-14-39(15-3-1)44-36-45(38-48(37-44)58-55-25-10-8-22-52(55)53-23-9-11-26-56(53)58)40-28-32-46(33-29-40)57(54-27-13-19-42-17-5-7-21-51(42)54)47-34-30-43(31-35-47)50-24-12-18-41-16-4-6-20-49(41)50/h1-38H. The Kier molecular flexibility index (Phi) is 8.19. The van der Waals surface area contributed by atoms with Crippen LogP contribution in [0.15, 0.2) is 231 Å². The van der Waals surface area contributed by atoms with Crippen molar-refractivity contribution in [1.82, 2.24) is 4.57 Å². The Morgan fingerprint density at radius 3 is 1.40 bits per heavy atom. The number of para-hydroxylation sites is 2. The molecule has 0 saturated heterocycles. The first-order valence-electron chi connectivity index (χ1n) is 19.9. The molecule has 0 radical (unpaired) electrons. The Morgan fingerprint density at radius 2 is 0.759 bits per heavy atom. The summed E-state index contributed by atoms with van der Waals surface area (Å²) < 4.78 is 2.42. The van der Waals surface area contributed by atoms with Crippen LogP contribution >= 0.6 is 0 Å². The molecule has 1 aromatic heterocycles. The van der Waals surface area contributed by atoms with Crippen LogP contribution in [0.5, 0.6) is 0 Å². The minimum Gasteiger partial charge on any atom is -0.310 e. The highest BCUT2D eigenvalue weighted by molar-refractivity contribution is 6.09. The minimum atomic E-state index is 1.10. The molecule has 0 spiro atoms. The second-order valence-corrected chi connectivity index (χ2v) is 15.0. The summed E-state index contributed by atoms with van der Waals surface area (Å²) in [5, 5.41) is 7.44. The van der Waals surface area contributed by atoms with E-state index in [4.69, 9.17) is 0 Å². The Bertz CT molecular complexity index is 3200. The van der Waals surface area contributed by atoms with E-state index in [-0.39, 0.29) is 0 Å². The smallest absolute Gasteiger partial charge is 0.0541 e. The number of fused-ring (bicyclic) bond motifs is 5. The second kappa shape index (κ2) is 14.1. The Labute approximate surface area is 338 Å². The van der Waals surface area contributed by atoms with Gasteiger partial charge in [0.15, 0.2) is 0 Å². The summed E-state index contributed by atoms with van der Waals surface area (Å²) in [4.78, 5) is 2.39. The quantitative estimate of drug-likeness (QED) is 0.158. The van der Waals surface area contributed by atoms with Crippen molar-refractivity contribution in [3.63, 3.8) is 0 Å². The van der Waals surface area contributed by atoms with Crippen molar-refractivity contribution in [2.75, 3.05) is 4.90 Å². The van der Waals surface area contributed by atoms with Gasteiger partial charge in [-0.15, -0.1) is 0 Å². The lowest BCUT2D eigenvalue weighted by molar-refractivity contribution is 1.18. The molecule has 0 N–H and O–H groups in total. The van der Waals surface area contributed by atoms with Crippen LogP contribution in [0.4, 0.5) is 17.1 Å². The third-order valence-corrected chi connectivity index (χ3v) is 11.6. The van der Waals surface area contributed by atoms with Gasteiger partial charge in [-0.25, -0.2) is 0 Å². The lowest BCUT2D eigenvalue weighted by atomic mass is 9.97. The van der Waals surface area contributed by atoms with E-state index in [0.29, 0.717) is 0 Å². The van der Waals surface area contributed by atoms with E-state index in [1.807, 2.05) is 0 Å². The van der Waals surface area contributed by atoms with E-state index >= 15 is 0 Å². The van der Waals surface area contributed by atoms with Gasteiger partial charge in [0.05, 0.1) is 16.7 Å². The van der Waals surface area contributed by atoms with E-state index in [2.05, 4.69) is 240 Å². The molecule has 0 aliphatic rings. The average molecular weight is 739 g/mol. The number of benzene rings is 10. The molecule has 0 aliphatic carbocycles. The van der Waals surface area contributed by atoms with Crippen LogP contribution in [0.25, 0.3) is 82.4 Å². The summed E-state index contributed by atoms with van der Waals surface area (Å²) in [5.41, 5.74) is 14.0. The second-order valence-electron chi connectivity index (χ2n) is 15.0. The van der Waals surface area contributed by atoms with Gasteiger partial charge in [0.2, 0.25) is 0 Å². The summed E-state index contributed by atoms with van der Waals surface area (Å²) in [6, 6.07) is 83.7. The zero-order valence-electron chi connectivity index (χ0n) is 31.8. The van der Waals surface area contributed by atoms with Crippen molar-refractivity contribution in [2.45, 2.75) is 0 Å². The van der Waals surface area contributed by atoms with Crippen molar-refractivity contribution in [2.24, 2.45) is 0 Å². The van der Waals surface area contributed by atoms with Gasteiger partial charge in [-0.1, -0.05) is 170 Å². The third kappa shape index (κ3) is 5.82. The van der Waals surface area contributed by atoms with Crippen LogP contribution < -0.4 is 4.90 Å². The molecule has 11 rings (SSSR count). The number of hydrogen-bond acceptors (Lipinski definition) is 1. The van der Waals surface area contributed by atoms with Crippen molar-refractivity contribution in [3.8, 4) is 39.1 Å². The Balaban J connectivity index is 1.05. The predicted molar refractivity (Wildman–Crippen MR) is 247 cm³/mol. The molecule has 11 aromatic rings. The highest BCUT2D eigenvalue weighted by Crippen LogP contribution is 2.42. The van der Waals surface area contributed by atoms with Crippen molar-refractivity contribution >= 4 is 60.4 Å². The highest BCUT2D eigenvalue weighted by atomic mass is 15.1. The summed E-state index contributed by atoms with van der Waals surface area (Å²) in [6.45, 7) is 0. The van der Waals surface area contributed by atoms with E-state index in [1.54, 1.807) is 0 Å². The number of rotatable bonds is 7. The first-order chi connectivity index (χ1) is 28.8. The maximum absolute atomic E-state index is 2.42. The molecular weight excluding hydrogens is 701 g/mol. The van der Waals surface area contributed by atoms with Gasteiger partial charge in [0, 0.05) is 33.2 Å². The van der Waals surface area contributed by atoms with Gasteiger partial charge in [0.25, 0.3) is 0 Å². The summed E-state index contributed by atoms with van der Waals surface area (Å²) in [5.74, 6) is 0. The van der Waals surface area contributed by atoms with Crippen molar-refractivity contribution < 1.29 is 0 Å². The first-order valence-corrected chi connectivity index (χ1v) is 19.9. The predicted octanol–water partition coefficient (Wildman–Crippen LogP) is 15.6. The fourth-order valence-electron chi connectivity index (χ4n) is 8.81. The lowest BCUT2D eigenvalue weighted by Crippen LogP contribution is -2.10. The molecule has 0 aliphatic heterocycles. The Hall–Kier alpha value is -7.68. The van der Waals surface area contributed by atoms with Gasteiger partial charge in [-0.2, -0.15) is 0 Å². The fourth-order valence-corrected chi connectivity index (χ4v) is 8.81. The average Bonchev–Trinajstić information content (AvgIpc) is 3.64. The topological polar surface area (TPSA) is 8.17 Å². The normalized spacial score (nSPS) is 11.4. The van der Waals surface area contributed by atoms with Crippen LogP contribution in [-0.2, 0) is 0 Å². The summed E-state index contributed by atoms with van der Waals surface area (Å²) in [7, 11) is 0. The van der Waals surface area contributed by atoms with E-state index in [0.717, 1.165) is 28.3 Å². The van der Waals surface area contributed by atoms with Gasteiger partial charge in [-0.3, -0.25) is 0 Å². The van der Waals surface area contributed by atoms with Crippen molar-refractivity contribution in [3.05, 3.63) is 231 Å². The van der Waals surface area contributed by atoms with Crippen molar-refractivity contribution in [1.29, 1.82) is 0 Å². The number of hydrogen-bond donors (Lipinski definition) is 0. The van der Waals surface area contributed by atoms with Crippen LogP contribution in [0.2, 0.25) is 0 Å². The van der Waals surface area contributed by atoms with E-state index in [1.165, 1.54) is 71.2 Å². The maximum Gasteiger partial charge on any atom is 0.0541 e. The lowest BCUT2D eigenvalue weighted by Gasteiger charge is -2.27. The molecule has 272 valence electrons. The van der Waals surface area contributed by atoms with Crippen LogP contribution in [0.3, 0.4) is 0 Å². The first kappa shape index (κ1) is 33.6. The Morgan fingerprint density at radius 1 is 0.293 bits per heavy atom. The summed E-state index contributed by atoms with van der Waals surface area (Å²) in [6.07, 6.45) is 0. The van der Waals surface area contributed by atoms with E-state index in [9.17, 15) is 0 Å². The molecule has 10 aromatic carbocycles. The maximum atomic E-state index is 2.42. The monoisotopic (exact) mass is 738 g/mol. The molecule has 0 fully saturated rings. The minimum absolute atomic E-state index is 1.10. The largest absolute Gasteiger partial charge is 0.310 e. The molecule has 2 heteroatoms. The van der Waals surface area contributed by atoms with Crippen LogP contribution in [-0.4, -0.2) is 4.57 Å². The van der Waals surface area contributed by atoms with Crippen LogP contribution in [0, 0.1) is 0 Å². The van der Waals surface area contributed by atoms with E-state index < -0.39 is 0 Å². The third-order valence-electron chi connectivity index (χ3n) is 11.6. The molecular formula is C56H38N2. The molecule has 0 bridgehead atoms. The van der Waals surface area contributed by atoms with Gasteiger partial charge in [-0.05, 0) is 110 Å². The zero-order chi connectivity index (χ0) is 38.4. The molecule has 0 saturated carbocycles. The van der Waals surface area contributed by atoms with Gasteiger partial charge in [0.1, 0.15) is 0 Å². The summed E-state index contributed by atoms with van der Waals surface area (Å²) >= 11 is 0. The van der Waals surface area contributed by atoms with Gasteiger partial charge < -0.3 is 9.47 Å². The molecule has 0 amide bonds.